The number of aliphatic hydroxyl groups is 1. The highest BCUT2D eigenvalue weighted by molar-refractivity contribution is 5.92. The summed E-state index contributed by atoms with van der Waals surface area (Å²) < 4.78 is 5.44. The van der Waals surface area contributed by atoms with E-state index in [0.717, 1.165) is 22.2 Å². The van der Waals surface area contributed by atoms with Gasteiger partial charge in [-0.25, -0.2) is 4.98 Å². The molecule has 2 N–H and O–H groups in total. The van der Waals surface area contributed by atoms with Crippen molar-refractivity contribution in [2.45, 2.75) is 6.61 Å². The van der Waals surface area contributed by atoms with Crippen molar-refractivity contribution in [3.63, 3.8) is 0 Å². The maximum atomic E-state index is 8.94. The van der Waals surface area contributed by atoms with Gasteiger partial charge in [-0.1, -0.05) is 18.2 Å². The number of para-hydroxylation sites is 1. The van der Waals surface area contributed by atoms with Crippen LogP contribution in [0.3, 0.4) is 0 Å². The molecule has 1 aromatic carbocycles. The molecule has 16 heavy (non-hydrogen) atoms. The maximum absolute atomic E-state index is 8.94. The van der Waals surface area contributed by atoms with E-state index in [1.54, 1.807) is 12.5 Å². The van der Waals surface area contributed by atoms with Gasteiger partial charge in [-0.15, -0.1) is 0 Å². The topological polar surface area (TPSA) is 62.1 Å². The lowest BCUT2D eigenvalue weighted by Gasteiger charge is -1.92. The third-order valence-electron chi connectivity index (χ3n) is 2.55. The number of aliphatic hydroxyl groups excluding tert-OH is 1. The Labute approximate surface area is 91.6 Å². The first-order valence-corrected chi connectivity index (χ1v) is 5.00. The SMILES string of the molecule is OCc1ncc(-c2coc3ccccc23)[nH]1. The van der Waals surface area contributed by atoms with Gasteiger partial charge < -0.3 is 14.5 Å². The van der Waals surface area contributed by atoms with Crippen molar-refractivity contribution in [1.29, 1.82) is 0 Å². The average Bonchev–Trinajstić information content (AvgIpc) is 2.94. The third-order valence-corrected chi connectivity index (χ3v) is 2.55. The normalized spacial score (nSPS) is 11.1. The molecule has 0 atom stereocenters. The van der Waals surface area contributed by atoms with Crippen LogP contribution in [-0.2, 0) is 6.61 Å². The summed E-state index contributed by atoms with van der Waals surface area (Å²) in [4.78, 5) is 7.09. The Morgan fingerprint density at radius 2 is 2.19 bits per heavy atom. The van der Waals surface area contributed by atoms with Crippen molar-refractivity contribution >= 4 is 11.0 Å². The Kier molecular flexibility index (Phi) is 2.01. The van der Waals surface area contributed by atoms with Crippen molar-refractivity contribution < 1.29 is 9.52 Å². The van der Waals surface area contributed by atoms with E-state index in [2.05, 4.69) is 9.97 Å². The molecule has 0 bridgehead atoms. The number of nitrogens with zero attached hydrogens (tertiary/aromatic N) is 1. The van der Waals surface area contributed by atoms with Gasteiger partial charge in [0, 0.05) is 10.9 Å². The molecule has 0 aliphatic rings. The van der Waals surface area contributed by atoms with E-state index in [1.165, 1.54) is 0 Å². The van der Waals surface area contributed by atoms with Crippen LogP contribution in [0.15, 0.2) is 41.1 Å². The molecular formula is C12H10N2O2. The fourth-order valence-electron chi connectivity index (χ4n) is 1.77. The molecule has 3 aromatic rings. The van der Waals surface area contributed by atoms with Gasteiger partial charge in [0.15, 0.2) is 0 Å². The standard InChI is InChI=1S/C12H10N2O2/c15-6-12-13-5-10(14-12)9-7-16-11-4-2-1-3-8(9)11/h1-5,7,15H,6H2,(H,13,14). The first-order valence-electron chi connectivity index (χ1n) is 5.00. The quantitative estimate of drug-likeness (QED) is 0.688. The molecule has 0 fully saturated rings. The van der Waals surface area contributed by atoms with Crippen LogP contribution in [0.1, 0.15) is 5.82 Å². The minimum Gasteiger partial charge on any atom is -0.464 e. The predicted octanol–water partition coefficient (Wildman–Crippen LogP) is 2.32. The van der Waals surface area contributed by atoms with Crippen LogP contribution in [-0.4, -0.2) is 15.1 Å². The summed E-state index contributed by atoms with van der Waals surface area (Å²) in [5, 5.41) is 9.98. The van der Waals surface area contributed by atoms with Crippen LogP contribution in [0.25, 0.3) is 22.2 Å². The molecular weight excluding hydrogens is 204 g/mol. The third kappa shape index (κ3) is 1.31. The molecule has 0 unspecified atom stereocenters. The molecule has 0 saturated heterocycles. The van der Waals surface area contributed by atoms with Gasteiger partial charge in [-0.05, 0) is 6.07 Å². The van der Waals surface area contributed by atoms with E-state index in [-0.39, 0.29) is 6.61 Å². The average molecular weight is 214 g/mol. The van der Waals surface area contributed by atoms with E-state index >= 15 is 0 Å². The van der Waals surface area contributed by atoms with Crippen molar-refractivity contribution in [2.24, 2.45) is 0 Å². The number of H-pyrrole nitrogens is 1. The number of benzene rings is 1. The zero-order valence-corrected chi connectivity index (χ0v) is 8.47. The Morgan fingerprint density at radius 3 is 3.00 bits per heavy atom. The number of nitrogens with one attached hydrogen (secondary N) is 1. The van der Waals surface area contributed by atoms with Gasteiger partial charge in [0.2, 0.25) is 0 Å². The first-order chi connectivity index (χ1) is 7.88. The Balaban J connectivity index is 2.18. The molecule has 0 aliphatic heterocycles. The Bertz CT molecular complexity index is 625. The van der Waals surface area contributed by atoms with Crippen molar-refractivity contribution in [2.75, 3.05) is 0 Å². The second-order valence-electron chi connectivity index (χ2n) is 3.55. The zero-order valence-electron chi connectivity index (χ0n) is 8.47. The molecule has 0 saturated carbocycles. The summed E-state index contributed by atoms with van der Waals surface area (Å²) in [5.74, 6) is 0.556. The van der Waals surface area contributed by atoms with E-state index in [0.29, 0.717) is 5.82 Å². The van der Waals surface area contributed by atoms with E-state index in [9.17, 15) is 0 Å². The number of furan rings is 1. The van der Waals surface area contributed by atoms with E-state index < -0.39 is 0 Å². The van der Waals surface area contributed by atoms with Crippen LogP contribution in [0.4, 0.5) is 0 Å². The molecule has 4 heteroatoms. The van der Waals surface area contributed by atoms with Crippen LogP contribution < -0.4 is 0 Å². The Hall–Kier alpha value is -2.07. The van der Waals surface area contributed by atoms with Gasteiger partial charge in [0.25, 0.3) is 0 Å². The molecule has 4 nitrogen and oxygen atoms in total. The highest BCUT2D eigenvalue weighted by Crippen LogP contribution is 2.28. The molecule has 80 valence electrons. The Morgan fingerprint density at radius 1 is 1.31 bits per heavy atom. The minimum absolute atomic E-state index is 0.0875. The lowest BCUT2D eigenvalue weighted by atomic mass is 10.1. The smallest absolute Gasteiger partial charge is 0.134 e. The fraction of sp³-hybridized carbons (Fsp3) is 0.0833. The van der Waals surface area contributed by atoms with Gasteiger partial charge in [-0.2, -0.15) is 0 Å². The van der Waals surface area contributed by atoms with Crippen molar-refractivity contribution in [3.05, 3.63) is 42.5 Å². The number of hydrogen-bond acceptors (Lipinski definition) is 3. The fourth-order valence-corrected chi connectivity index (χ4v) is 1.77. The minimum atomic E-state index is -0.0875. The van der Waals surface area contributed by atoms with Gasteiger partial charge in [-0.3, -0.25) is 0 Å². The number of aromatic nitrogens is 2. The lowest BCUT2D eigenvalue weighted by Crippen LogP contribution is -1.84. The van der Waals surface area contributed by atoms with Gasteiger partial charge in [0.05, 0.1) is 11.9 Å². The van der Waals surface area contributed by atoms with E-state index in [4.69, 9.17) is 9.52 Å². The summed E-state index contributed by atoms with van der Waals surface area (Å²) in [6.07, 6.45) is 3.39. The lowest BCUT2D eigenvalue weighted by molar-refractivity contribution is 0.272. The van der Waals surface area contributed by atoms with Crippen LogP contribution in [0.5, 0.6) is 0 Å². The predicted molar refractivity (Wildman–Crippen MR) is 59.7 cm³/mol. The highest BCUT2D eigenvalue weighted by atomic mass is 16.3. The summed E-state index contributed by atoms with van der Waals surface area (Å²) in [6, 6.07) is 7.81. The number of imidazole rings is 1. The first kappa shape index (κ1) is 9.18. The highest BCUT2D eigenvalue weighted by Gasteiger charge is 2.09. The van der Waals surface area contributed by atoms with Gasteiger partial charge in [0.1, 0.15) is 24.3 Å². The van der Waals surface area contributed by atoms with Crippen molar-refractivity contribution in [3.8, 4) is 11.3 Å². The van der Waals surface area contributed by atoms with E-state index in [1.807, 2.05) is 24.3 Å². The molecule has 0 amide bonds. The number of aromatic amines is 1. The van der Waals surface area contributed by atoms with Crippen LogP contribution in [0.2, 0.25) is 0 Å². The summed E-state index contributed by atoms with van der Waals surface area (Å²) in [6.45, 7) is -0.0875. The molecule has 2 aromatic heterocycles. The molecule has 0 aliphatic carbocycles. The zero-order chi connectivity index (χ0) is 11.0. The second-order valence-corrected chi connectivity index (χ2v) is 3.55. The maximum Gasteiger partial charge on any atom is 0.134 e. The largest absolute Gasteiger partial charge is 0.464 e. The van der Waals surface area contributed by atoms with Crippen molar-refractivity contribution in [1.82, 2.24) is 9.97 Å². The summed E-state index contributed by atoms with van der Waals surface area (Å²) >= 11 is 0. The second kappa shape index (κ2) is 3.50. The number of hydrogen-bond donors (Lipinski definition) is 2. The van der Waals surface area contributed by atoms with Crippen LogP contribution in [0, 0.1) is 0 Å². The molecule has 2 heterocycles. The molecule has 0 spiro atoms. The molecule has 0 radical (unpaired) electrons. The summed E-state index contributed by atoms with van der Waals surface area (Å²) in [7, 11) is 0. The monoisotopic (exact) mass is 214 g/mol. The molecule has 3 rings (SSSR count). The summed E-state index contributed by atoms with van der Waals surface area (Å²) in [5.41, 5.74) is 2.66. The van der Waals surface area contributed by atoms with Gasteiger partial charge >= 0.3 is 0 Å². The number of rotatable bonds is 2. The van der Waals surface area contributed by atoms with Crippen LogP contribution >= 0.6 is 0 Å². The number of fused-ring (bicyclic) bond motifs is 1.